The minimum absolute atomic E-state index is 0.124. The first-order valence-corrected chi connectivity index (χ1v) is 9.60. The molecule has 1 aliphatic rings. The van der Waals surface area contributed by atoms with E-state index in [0.717, 1.165) is 12.8 Å². The standard InChI is InChI=1S/C21H19ClN4O4/c1-29-16-9-14-10(8-13(16)20(24)27)2-7-17(26-14)30-15-6-5-12(18(22)19(15)23)21(28)25-11-3-4-11/h2,5-9,11H,3-4,23H2,1H3,(H2,24,27)(H,25,28). The number of aromatic nitrogens is 1. The van der Waals surface area contributed by atoms with Gasteiger partial charge in [0.05, 0.1) is 34.5 Å². The van der Waals surface area contributed by atoms with Gasteiger partial charge in [-0.1, -0.05) is 11.6 Å². The van der Waals surface area contributed by atoms with Crippen LogP contribution < -0.4 is 26.3 Å². The molecular formula is C21H19ClN4O4. The van der Waals surface area contributed by atoms with Crippen LogP contribution in [0.25, 0.3) is 10.9 Å². The number of carbonyl (C=O) groups excluding carboxylic acids is 2. The molecule has 1 fully saturated rings. The number of nitrogens with two attached hydrogens (primary N) is 2. The average molecular weight is 427 g/mol. The molecule has 0 bridgehead atoms. The summed E-state index contributed by atoms with van der Waals surface area (Å²) in [5, 5.41) is 3.69. The third-order valence-electron chi connectivity index (χ3n) is 4.76. The second-order valence-corrected chi connectivity index (χ2v) is 7.33. The second kappa shape index (κ2) is 7.72. The van der Waals surface area contributed by atoms with E-state index >= 15 is 0 Å². The Kier molecular flexibility index (Phi) is 5.09. The molecule has 0 saturated heterocycles. The molecule has 1 heterocycles. The summed E-state index contributed by atoms with van der Waals surface area (Å²) in [7, 11) is 1.44. The van der Waals surface area contributed by atoms with Gasteiger partial charge in [0.25, 0.3) is 11.8 Å². The molecule has 3 aromatic rings. The fraction of sp³-hybridized carbons (Fsp3) is 0.190. The minimum Gasteiger partial charge on any atom is -0.496 e. The summed E-state index contributed by atoms with van der Waals surface area (Å²) >= 11 is 6.30. The number of nitrogen functional groups attached to an aromatic ring is 1. The van der Waals surface area contributed by atoms with E-state index in [0.29, 0.717) is 22.2 Å². The maximum Gasteiger partial charge on any atom is 0.253 e. The topological polar surface area (TPSA) is 130 Å². The normalized spacial score (nSPS) is 13.1. The zero-order valence-electron chi connectivity index (χ0n) is 16.1. The van der Waals surface area contributed by atoms with E-state index in [1.807, 2.05) is 0 Å². The number of rotatable bonds is 6. The van der Waals surface area contributed by atoms with Crippen molar-refractivity contribution in [3.8, 4) is 17.4 Å². The number of halogens is 1. The Bertz CT molecular complexity index is 1180. The van der Waals surface area contributed by atoms with Crippen molar-refractivity contribution in [2.45, 2.75) is 18.9 Å². The lowest BCUT2D eigenvalue weighted by atomic mass is 10.1. The molecule has 0 atom stereocenters. The average Bonchev–Trinajstić information content (AvgIpc) is 3.54. The smallest absolute Gasteiger partial charge is 0.253 e. The van der Waals surface area contributed by atoms with Crippen molar-refractivity contribution in [2.24, 2.45) is 5.73 Å². The van der Waals surface area contributed by atoms with E-state index in [1.165, 1.54) is 7.11 Å². The van der Waals surface area contributed by atoms with E-state index in [9.17, 15) is 9.59 Å². The number of carbonyl (C=O) groups is 2. The fourth-order valence-corrected chi connectivity index (χ4v) is 3.24. The van der Waals surface area contributed by atoms with Gasteiger partial charge in [-0.2, -0.15) is 0 Å². The van der Waals surface area contributed by atoms with Gasteiger partial charge in [-0.15, -0.1) is 0 Å². The Morgan fingerprint density at radius 3 is 2.57 bits per heavy atom. The SMILES string of the molecule is COc1cc2nc(Oc3ccc(C(=O)NC4CC4)c(Cl)c3N)ccc2cc1C(N)=O. The number of fused-ring (bicyclic) bond motifs is 1. The number of nitrogens with one attached hydrogen (secondary N) is 1. The Hall–Kier alpha value is -3.52. The molecule has 1 aromatic heterocycles. The van der Waals surface area contributed by atoms with E-state index in [-0.39, 0.29) is 39.9 Å². The second-order valence-electron chi connectivity index (χ2n) is 6.95. The van der Waals surface area contributed by atoms with Crippen LogP contribution in [0.5, 0.6) is 17.4 Å². The number of pyridine rings is 1. The first-order valence-electron chi connectivity index (χ1n) is 9.22. The number of hydrogen-bond donors (Lipinski definition) is 3. The van der Waals surface area contributed by atoms with Crippen molar-refractivity contribution in [1.29, 1.82) is 0 Å². The molecule has 154 valence electrons. The van der Waals surface area contributed by atoms with Crippen LogP contribution in [-0.2, 0) is 0 Å². The van der Waals surface area contributed by atoms with Gasteiger partial charge in [-0.25, -0.2) is 4.98 Å². The largest absolute Gasteiger partial charge is 0.496 e. The summed E-state index contributed by atoms with van der Waals surface area (Å²) in [4.78, 5) is 28.3. The molecule has 5 N–H and O–H groups in total. The Morgan fingerprint density at radius 1 is 1.13 bits per heavy atom. The lowest BCUT2D eigenvalue weighted by molar-refractivity contribution is 0.0949. The van der Waals surface area contributed by atoms with E-state index in [4.69, 9.17) is 32.5 Å². The van der Waals surface area contributed by atoms with Gasteiger partial charge in [-0.05, 0) is 37.1 Å². The highest BCUT2D eigenvalue weighted by molar-refractivity contribution is 6.36. The van der Waals surface area contributed by atoms with Gasteiger partial charge in [0, 0.05) is 23.6 Å². The number of primary amides is 1. The maximum atomic E-state index is 12.3. The van der Waals surface area contributed by atoms with Crippen LogP contribution in [0.2, 0.25) is 5.02 Å². The van der Waals surface area contributed by atoms with Gasteiger partial charge in [0.15, 0.2) is 5.75 Å². The number of methoxy groups -OCH3 is 1. The van der Waals surface area contributed by atoms with E-state index in [1.54, 1.807) is 36.4 Å². The number of hydrogen-bond acceptors (Lipinski definition) is 6. The predicted molar refractivity (Wildman–Crippen MR) is 113 cm³/mol. The third kappa shape index (κ3) is 3.81. The predicted octanol–water partition coefficient (Wildman–Crippen LogP) is 3.26. The Labute approximate surface area is 177 Å². The summed E-state index contributed by atoms with van der Waals surface area (Å²) in [6.07, 6.45) is 1.94. The number of benzene rings is 2. The lowest BCUT2D eigenvalue weighted by Crippen LogP contribution is -2.25. The molecule has 1 saturated carbocycles. The molecule has 9 heteroatoms. The molecular weight excluding hydrogens is 408 g/mol. The number of anilines is 1. The van der Waals surface area contributed by atoms with Crippen molar-refractivity contribution in [3.05, 3.63) is 52.5 Å². The summed E-state index contributed by atoms with van der Waals surface area (Å²) in [5.74, 6) is -0.0117. The molecule has 2 amide bonds. The van der Waals surface area contributed by atoms with Gasteiger partial charge >= 0.3 is 0 Å². The van der Waals surface area contributed by atoms with Crippen LogP contribution in [0.1, 0.15) is 33.6 Å². The van der Waals surface area contributed by atoms with Crippen molar-refractivity contribution in [1.82, 2.24) is 10.3 Å². The van der Waals surface area contributed by atoms with Crippen LogP contribution in [0.15, 0.2) is 36.4 Å². The zero-order chi connectivity index (χ0) is 21.4. The molecule has 30 heavy (non-hydrogen) atoms. The van der Waals surface area contributed by atoms with Crippen LogP contribution in [-0.4, -0.2) is 29.9 Å². The summed E-state index contributed by atoms with van der Waals surface area (Å²) in [6, 6.07) is 9.91. The Morgan fingerprint density at radius 2 is 1.90 bits per heavy atom. The molecule has 8 nitrogen and oxygen atoms in total. The highest BCUT2D eigenvalue weighted by Crippen LogP contribution is 2.36. The molecule has 2 aromatic carbocycles. The lowest BCUT2D eigenvalue weighted by Gasteiger charge is -2.13. The van der Waals surface area contributed by atoms with Crippen molar-refractivity contribution >= 4 is 40.0 Å². The van der Waals surface area contributed by atoms with Gasteiger partial charge in [-0.3, -0.25) is 9.59 Å². The highest BCUT2D eigenvalue weighted by Gasteiger charge is 2.25. The van der Waals surface area contributed by atoms with Gasteiger partial charge in [0.2, 0.25) is 5.88 Å². The molecule has 4 rings (SSSR count). The number of nitrogens with zero attached hydrogens (tertiary/aromatic N) is 1. The summed E-state index contributed by atoms with van der Waals surface area (Å²) < 4.78 is 11.0. The van der Waals surface area contributed by atoms with Crippen LogP contribution >= 0.6 is 11.6 Å². The monoisotopic (exact) mass is 426 g/mol. The van der Waals surface area contributed by atoms with Gasteiger partial charge < -0.3 is 26.3 Å². The number of ether oxygens (including phenoxy) is 2. The van der Waals surface area contributed by atoms with Crippen molar-refractivity contribution in [2.75, 3.05) is 12.8 Å². The summed E-state index contributed by atoms with van der Waals surface area (Å²) in [6.45, 7) is 0. The zero-order valence-corrected chi connectivity index (χ0v) is 16.8. The molecule has 0 spiro atoms. The quantitative estimate of drug-likeness (QED) is 0.518. The van der Waals surface area contributed by atoms with Crippen LogP contribution in [0, 0.1) is 0 Å². The molecule has 0 radical (unpaired) electrons. The highest BCUT2D eigenvalue weighted by atomic mass is 35.5. The third-order valence-corrected chi connectivity index (χ3v) is 5.17. The van der Waals surface area contributed by atoms with Crippen molar-refractivity contribution < 1.29 is 19.1 Å². The minimum atomic E-state index is -0.595. The van der Waals surface area contributed by atoms with E-state index in [2.05, 4.69) is 10.3 Å². The Balaban J connectivity index is 1.63. The molecule has 0 aliphatic heterocycles. The molecule has 1 aliphatic carbocycles. The summed E-state index contributed by atoms with van der Waals surface area (Å²) in [5.41, 5.74) is 12.7. The maximum absolute atomic E-state index is 12.3. The fourth-order valence-electron chi connectivity index (χ4n) is 2.99. The van der Waals surface area contributed by atoms with Crippen LogP contribution in [0.3, 0.4) is 0 Å². The van der Waals surface area contributed by atoms with E-state index < -0.39 is 5.91 Å². The van der Waals surface area contributed by atoms with Crippen molar-refractivity contribution in [3.63, 3.8) is 0 Å². The first-order chi connectivity index (χ1) is 14.4. The van der Waals surface area contributed by atoms with Gasteiger partial charge in [0.1, 0.15) is 5.75 Å². The molecule has 0 unspecified atom stereocenters. The first kappa shape index (κ1) is 19.8. The van der Waals surface area contributed by atoms with Crippen LogP contribution in [0.4, 0.5) is 5.69 Å². The number of amides is 2.